The van der Waals surface area contributed by atoms with Crippen LogP contribution in [0.15, 0.2) is 24.3 Å². The van der Waals surface area contributed by atoms with Crippen molar-refractivity contribution in [2.75, 3.05) is 0 Å². The van der Waals surface area contributed by atoms with Crippen LogP contribution in [0, 0.1) is 5.41 Å². The third kappa shape index (κ3) is 4.22. The lowest BCUT2D eigenvalue weighted by Gasteiger charge is -2.33. The number of ether oxygens (including phenoxy) is 1. The van der Waals surface area contributed by atoms with E-state index < -0.39 is 0 Å². The van der Waals surface area contributed by atoms with E-state index in [9.17, 15) is 4.79 Å². The number of hydrogen-bond donors (Lipinski definition) is 0. The fourth-order valence-corrected chi connectivity index (χ4v) is 2.47. The van der Waals surface area contributed by atoms with Gasteiger partial charge in [0.1, 0.15) is 5.75 Å². The monoisotopic (exact) mass is 234 g/mol. The quantitative estimate of drug-likeness (QED) is 0.738. The molecular weight excluding hydrogens is 212 g/mol. The molecule has 0 saturated carbocycles. The van der Waals surface area contributed by atoms with E-state index in [2.05, 4.69) is 34.6 Å². The van der Waals surface area contributed by atoms with E-state index >= 15 is 0 Å². The third-order valence-corrected chi connectivity index (χ3v) is 2.79. The summed E-state index contributed by atoms with van der Waals surface area (Å²) in [6.07, 6.45) is 1.11. The number of carbonyl (C=O) groups is 1. The molecule has 0 radical (unpaired) electrons. The summed E-state index contributed by atoms with van der Waals surface area (Å²) in [5.41, 5.74) is 1.69. The van der Waals surface area contributed by atoms with Crippen LogP contribution >= 0.6 is 0 Å². The number of rotatable bonds is 4. The standard InChI is InChI=1S/C15H22O2/c1-14(2,3)10-15(4,5)12-6-8-13(9-7-12)17-11-16/h6-9,11H,10H2,1-5H3. The van der Waals surface area contributed by atoms with E-state index in [0.29, 0.717) is 17.6 Å². The number of benzene rings is 1. The Labute approximate surface area is 104 Å². The van der Waals surface area contributed by atoms with Gasteiger partial charge in [0.25, 0.3) is 6.47 Å². The first-order valence-electron chi connectivity index (χ1n) is 5.95. The Balaban J connectivity index is 2.87. The van der Waals surface area contributed by atoms with Crippen molar-refractivity contribution in [3.63, 3.8) is 0 Å². The lowest BCUT2D eigenvalue weighted by molar-refractivity contribution is -0.120. The first-order chi connectivity index (χ1) is 7.74. The highest BCUT2D eigenvalue weighted by molar-refractivity contribution is 5.45. The zero-order valence-electron chi connectivity index (χ0n) is 11.4. The lowest BCUT2D eigenvalue weighted by atomic mass is 9.72. The Morgan fingerprint density at radius 3 is 2.00 bits per heavy atom. The topological polar surface area (TPSA) is 26.3 Å². The van der Waals surface area contributed by atoms with Gasteiger partial charge in [-0.3, -0.25) is 4.79 Å². The Morgan fingerprint density at radius 1 is 1.06 bits per heavy atom. The molecule has 94 valence electrons. The van der Waals surface area contributed by atoms with Crippen molar-refractivity contribution >= 4 is 6.47 Å². The fraction of sp³-hybridized carbons (Fsp3) is 0.533. The molecule has 0 aromatic heterocycles. The van der Waals surface area contributed by atoms with Crippen LogP contribution in [-0.4, -0.2) is 6.47 Å². The van der Waals surface area contributed by atoms with Crippen LogP contribution in [0.2, 0.25) is 0 Å². The van der Waals surface area contributed by atoms with Crippen LogP contribution < -0.4 is 4.74 Å². The van der Waals surface area contributed by atoms with E-state index in [-0.39, 0.29) is 5.41 Å². The summed E-state index contributed by atoms with van der Waals surface area (Å²) in [6.45, 7) is 11.7. The van der Waals surface area contributed by atoms with Crippen LogP contribution in [-0.2, 0) is 10.2 Å². The largest absolute Gasteiger partial charge is 0.429 e. The van der Waals surface area contributed by atoms with Gasteiger partial charge in [0.2, 0.25) is 0 Å². The predicted octanol–water partition coefficient (Wildman–Crippen LogP) is 3.94. The molecule has 0 aliphatic rings. The van der Waals surface area contributed by atoms with Crippen molar-refractivity contribution in [2.24, 2.45) is 5.41 Å². The molecule has 0 unspecified atom stereocenters. The smallest absolute Gasteiger partial charge is 0.298 e. The molecule has 0 N–H and O–H groups in total. The molecule has 0 fully saturated rings. The van der Waals surface area contributed by atoms with Gasteiger partial charge in [-0.1, -0.05) is 46.8 Å². The second kappa shape index (κ2) is 4.91. The van der Waals surface area contributed by atoms with E-state index in [1.165, 1.54) is 5.56 Å². The summed E-state index contributed by atoms with van der Waals surface area (Å²) in [6, 6.07) is 7.75. The molecule has 0 saturated heterocycles. The predicted molar refractivity (Wildman–Crippen MR) is 70.2 cm³/mol. The van der Waals surface area contributed by atoms with Crippen LogP contribution in [0.1, 0.15) is 46.6 Å². The minimum absolute atomic E-state index is 0.123. The summed E-state index contributed by atoms with van der Waals surface area (Å²) in [5, 5.41) is 0. The van der Waals surface area contributed by atoms with Crippen molar-refractivity contribution in [3.05, 3.63) is 29.8 Å². The minimum Gasteiger partial charge on any atom is -0.429 e. The van der Waals surface area contributed by atoms with Gasteiger partial charge in [-0.05, 0) is 34.9 Å². The van der Waals surface area contributed by atoms with Crippen LogP contribution in [0.3, 0.4) is 0 Å². The van der Waals surface area contributed by atoms with Gasteiger partial charge < -0.3 is 4.74 Å². The van der Waals surface area contributed by atoms with Gasteiger partial charge in [-0.15, -0.1) is 0 Å². The highest BCUT2D eigenvalue weighted by Crippen LogP contribution is 2.36. The molecule has 0 spiro atoms. The molecule has 0 aliphatic carbocycles. The molecule has 0 atom stereocenters. The van der Waals surface area contributed by atoms with E-state index in [0.717, 1.165) is 6.42 Å². The molecule has 17 heavy (non-hydrogen) atoms. The number of hydrogen-bond acceptors (Lipinski definition) is 2. The zero-order chi connectivity index (χ0) is 13.1. The molecule has 0 bridgehead atoms. The third-order valence-electron chi connectivity index (χ3n) is 2.79. The SMILES string of the molecule is CC(C)(C)CC(C)(C)c1ccc(OC=O)cc1. The summed E-state index contributed by atoms with van der Waals surface area (Å²) in [5.74, 6) is 0.593. The minimum atomic E-state index is 0.123. The van der Waals surface area contributed by atoms with Gasteiger partial charge in [0.15, 0.2) is 0 Å². The average Bonchev–Trinajstić information content (AvgIpc) is 2.15. The van der Waals surface area contributed by atoms with Crippen LogP contribution in [0.5, 0.6) is 5.75 Å². The Morgan fingerprint density at radius 2 is 1.59 bits per heavy atom. The van der Waals surface area contributed by atoms with Gasteiger partial charge in [0.05, 0.1) is 0 Å². The molecular formula is C15H22O2. The van der Waals surface area contributed by atoms with Crippen molar-refractivity contribution in [3.8, 4) is 5.75 Å². The maximum absolute atomic E-state index is 10.2. The molecule has 2 heteroatoms. The molecule has 1 aromatic carbocycles. The van der Waals surface area contributed by atoms with Crippen LogP contribution in [0.4, 0.5) is 0 Å². The highest BCUT2D eigenvalue weighted by Gasteiger charge is 2.27. The van der Waals surface area contributed by atoms with Gasteiger partial charge in [-0.25, -0.2) is 0 Å². The maximum Gasteiger partial charge on any atom is 0.298 e. The van der Waals surface area contributed by atoms with Crippen molar-refractivity contribution in [2.45, 2.75) is 46.5 Å². The Kier molecular flexibility index (Phi) is 3.97. The molecule has 1 aromatic rings. The van der Waals surface area contributed by atoms with Crippen molar-refractivity contribution in [1.82, 2.24) is 0 Å². The van der Waals surface area contributed by atoms with Gasteiger partial charge >= 0.3 is 0 Å². The summed E-state index contributed by atoms with van der Waals surface area (Å²) >= 11 is 0. The van der Waals surface area contributed by atoms with Crippen LogP contribution in [0.25, 0.3) is 0 Å². The fourth-order valence-electron chi connectivity index (χ4n) is 2.47. The molecule has 1 rings (SSSR count). The van der Waals surface area contributed by atoms with Crippen molar-refractivity contribution < 1.29 is 9.53 Å². The summed E-state index contributed by atoms with van der Waals surface area (Å²) < 4.78 is 4.79. The Bertz CT molecular complexity index is 369. The Hall–Kier alpha value is -1.31. The first-order valence-corrected chi connectivity index (χ1v) is 5.95. The number of carbonyl (C=O) groups excluding carboxylic acids is 1. The second-order valence-corrected chi connectivity index (χ2v) is 6.36. The summed E-state index contributed by atoms with van der Waals surface area (Å²) in [7, 11) is 0. The van der Waals surface area contributed by atoms with E-state index in [1.54, 1.807) is 0 Å². The molecule has 0 heterocycles. The highest BCUT2D eigenvalue weighted by atomic mass is 16.5. The zero-order valence-corrected chi connectivity index (χ0v) is 11.4. The van der Waals surface area contributed by atoms with Gasteiger partial charge in [-0.2, -0.15) is 0 Å². The molecule has 2 nitrogen and oxygen atoms in total. The lowest BCUT2D eigenvalue weighted by Crippen LogP contribution is -2.24. The van der Waals surface area contributed by atoms with Gasteiger partial charge in [0, 0.05) is 0 Å². The van der Waals surface area contributed by atoms with E-state index in [1.807, 2.05) is 24.3 Å². The first kappa shape index (κ1) is 13.8. The maximum atomic E-state index is 10.2. The van der Waals surface area contributed by atoms with Crippen molar-refractivity contribution in [1.29, 1.82) is 0 Å². The second-order valence-electron chi connectivity index (χ2n) is 6.36. The normalized spacial score (nSPS) is 12.3. The summed E-state index contributed by atoms with van der Waals surface area (Å²) in [4.78, 5) is 10.2. The molecule has 0 amide bonds. The average molecular weight is 234 g/mol. The molecule has 0 aliphatic heterocycles. The van der Waals surface area contributed by atoms with E-state index in [4.69, 9.17) is 4.74 Å².